The summed E-state index contributed by atoms with van der Waals surface area (Å²) in [5.41, 5.74) is -0.128. The number of carbonyl (C=O) groups excluding carboxylic acids is 1. The van der Waals surface area contributed by atoms with E-state index in [4.69, 9.17) is 9.84 Å². The molecule has 21 heavy (non-hydrogen) atoms. The van der Waals surface area contributed by atoms with Crippen LogP contribution in [-0.2, 0) is 16.0 Å². The Hall–Kier alpha value is -2.18. The number of nitrogens with one attached hydrogen (secondary N) is 1. The van der Waals surface area contributed by atoms with Gasteiger partial charge in [-0.05, 0) is 38.5 Å². The zero-order valence-electron chi connectivity index (χ0n) is 11.9. The quantitative estimate of drug-likeness (QED) is 0.894. The molecule has 0 heterocycles. The van der Waals surface area contributed by atoms with Crippen molar-refractivity contribution in [2.24, 2.45) is 0 Å². The van der Waals surface area contributed by atoms with Crippen LogP contribution >= 0.6 is 0 Å². The normalized spacial score (nSPS) is 11.9. The summed E-state index contributed by atoms with van der Waals surface area (Å²) in [6.45, 7) is 5.14. The molecule has 0 saturated heterocycles. The van der Waals surface area contributed by atoms with Crippen molar-refractivity contribution in [2.45, 2.75) is 38.7 Å². The second kappa shape index (κ2) is 6.07. The van der Waals surface area contributed by atoms with E-state index in [-0.39, 0.29) is 5.56 Å². The molecule has 1 aromatic rings. The lowest BCUT2D eigenvalue weighted by molar-refractivity contribution is -0.164. The van der Waals surface area contributed by atoms with Crippen molar-refractivity contribution in [3.05, 3.63) is 29.8 Å². The first-order valence-electron chi connectivity index (χ1n) is 6.20. The molecule has 0 bridgehead atoms. The summed E-state index contributed by atoms with van der Waals surface area (Å²) in [7, 11) is 0. The van der Waals surface area contributed by atoms with Crippen LogP contribution in [0.25, 0.3) is 0 Å². The molecule has 0 spiro atoms. The van der Waals surface area contributed by atoms with Crippen LogP contribution in [0.5, 0.6) is 0 Å². The van der Waals surface area contributed by atoms with Gasteiger partial charge in [0.25, 0.3) is 0 Å². The molecule has 1 amide bonds. The zero-order chi connectivity index (χ0) is 16.3. The third-order valence-corrected chi connectivity index (χ3v) is 2.34. The van der Waals surface area contributed by atoms with Gasteiger partial charge < -0.3 is 9.84 Å². The highest BCUT2D eigenvalue weighted by Gasteiger charge is 2.38. The van der Waals surface area contributed by atoms with Gasteiger partial charge in [0.1, 0.15) is 5.60 Å². The highest BCUT2D eigenvalue weighted by Crippen LogP contribution is 2.21. The molecular formula is C14H17F2NO4. The molecule has 0 unspecified atom stereocenters. The first-order valence-corrected chi connectivity index (χ1v) is 6.20. The van der Waals surface area contributed by atoms with Gasteiger partial charge in [0, 0.05) is 12.1 Å². The summed E-state index contributed by atoms with van der Waals surface area (Å²) in [5, 5.41) is 10.8. The number of rotatable bonds is 4. The number of anilines is 1. The predicted molar refractivity (Wildman–Crippen MR) is 72.6 cm³/mol. The number of carbonyl (C=O) groups is 2. The van der Waals surface area contributed by atoms with E-state index in [0.29, 0.717) is 5.69 Å². The van der Waals surface area contributed by atoms with Gasteiger partial charge in [-0.3, -0.25) is 5.32 Å². The minimum absolute atomic E-state index is 0.150. The fraction of sp³-hybridized carbons (Fsp3) is 0.429. The highest BCUT2D eigenvalue weighted by atomic mass is 19.3. The molecule has 1 aromatic carbocycles. The minimum Gasteiger partial charge on any atom is -0.477 e. The molecule has 0 aliphatic heterocycles. The smallest absolute Gasteiger partial charge is 0.412 e. The first kappa shape index (κ1) is 16.9. The molecular weight excluding hydrogens is 284 g/mol. The summed E-state index contributed by atoms with van der Waals surface area (Å²) < 4.78 is 31.1. The number of hydrogen-bond donors (Lipinski definition) is 2. The predicted octanol–water partition coefficient (Wildman–Crippen LogP) is 3.30. The topological polar surface area (TPSA) is 75.6 Å². The third kappa shape index (κ3) is 5.76. The summed E-state index contributed by atoms with van der Waals surface area (Å²) in [5.74, 6) is -5.99. The molecule has 0 aromatic heterocycles. The maximum Gasteiger partial charge on any atom is 0.412 e. The zero-order valence-corrected chi connectivity index (χ0v) is 11.9. The molecule has 1 rings (SSSR count). The van der Waals surface area contributed by atoms with Crippen LogP contribution in [0.3, 0.4) is 0 Å². The Balaban J connectivity index is 2.67. The number of amides is 1. The molecule has 0 radical (unpaired) electrons. The van der Waals surface area contributed by atoms with Crippen molar-refractivity contribution in [2.75, 3.05) is 5.32 Å². The van der Waals surface area contributed by atoms with E-state index in [1.54, 1.807) is 20.8 Å². The second-order valence-electron chi connectivity index (χ2n) is 5.51. The molecule has 0 saturated carbocycles. The highest BCUT2D eigenvalue weighted by molar-refractivity contribution is 5.84. The van der Waals surface area contributed by atoms with Crippen molar-refractivity contribution in [1.82, 2.24) is 0 Å². The van der Waals surface area contributed by atoms with Crippen LogP contribution in [-0.4, -0.2) is 28.7 Å². The Bertz CT molecular complexity index is 521. The fourth-order valence-corrected chi connectivity index (χ4v) is 1.46. The van der Waals surface area contributed by atoms with Gasteiger partial charge in [-0.25, -0.2) is 9.59 Å². The Morgan fingerprint density at radius 3 is 2.14 bits per heavy atom. The van der Waals surface area contributed by atoms with Crippen molar-refractivity contribution in [3.63, 3.8) is 0 Å². The molecule has 0 atom stereocenters. The number of halogens is 2. The van der Waals surface area contributed by atoms with Gasteiger partial charge in [0.05, 0.1) is 0 Å². The van der Waals surface area contributed by atoms with Crippen LogP contribution in [0.4, 0.5) is 19.3 Å². The molecule has 2 N–H and O–H groups in total. The van der Waals surface area contributed by atoms with Crippen LogP contribution in [0.2, 0.25) is 0 Å². The Labute approximate surface area is 120 Å². The first-order chi connectivity index (χ1) is 9.49. The number of aliphatic carboxylic acids is 1. The van der Waals surface area contributed by atoms with E-state index in [0.717, 1.165) is 0 Å². The number of carboxylic acids is 1. The van der Waals surface area contributed by atoms with E-state index in [2.05, 4.69) is 5.32 Å². The van der Waals surface area contributed by atoms with Crippen molar-refractivity contribution < 1.29 is 28.2 Å². The lowest BCUT2D eigenvalue weighted by Crippen LogP contribution is -2.30. The van der Waals surface area contributed by atoms with Crippen LogP contribution in [0.15, 0.2) is 24.3 Å². The van der Waals surface area contributed by atoms with E-state index in [9.17, 15) is 18.4 Å². The molecule has 7 heteroatoms. The summed E-state index contributed by atoms with van der Waals surface area (Å²) in [4.78, 5) is 21.8. The monoisotopic (exact) mass is 301 g/mol. The third-order valence-electron chi connectivity index (χ3n) is 2.34. The maximum absolute atomic E-state index is 13.0. The Morgan fingerprint density at radius 1 is 1.19 bits per heavy atom. The minimum atomic E-state index is -3.82. The second-order valence-corrected chi connectivity index (χ2v) is 5.51. The van der Waals surface area contributed by atoms with E-state index in [1.807, 2.05) is 0 Å². The summed E-state index contributed by atoms with van der Waals surface area (Å²) >= 11 is 0. The SMILES string of the molecule is CC(C)(C)OC(=O)Nc1ccc(CC(F)(F)C(=O)O)cc1. The lowest BCUT2D eigenvalue weighted by atomic mass is 10.1. The van der Waals surface area contributed by atoms with Gasteiger partial charge in [-0.1, -0.05) is 12.1 Å². The molecule has 5 nitrogen and oxygen atoms in total. The number of alkyl halides is 2. The Morgan fingerprint density at radius 2 is 1.71 bits per heavy atom. The largest absolute Gasteiger partial charge is 0.477 e. The summed E-state index contributed by atoms with van der Waals surface area (Å²) in [6, 6.07) is 5.45. The average molecular weight is 301 g/mol. The van der Waals surface area contributed by atoms with Crippen molar-refractivity contribution in [1.29, 1.82) is 0 Å². The van der Waals surface area contributed by atoms with Crippen LogP contribution < -0.4 is 5.32 Å². The molecule has 0 aliphatic carbocycles. The van der Waals surface area contributed by atoms with Crippen LogP contribution in [0.1, 0.15) is 26.3 Å². The van der Waals surface area contributed by atoms with Gasteiger partial charge in [-0.15, -0.1) is 0 Å². The lowest BCUT2D eigenvalue weighted by Gasteiger charge is -2.19. The van der Waals surface area contributed by atoms with Crippen molar-refractivity contribution >= 4 is 17.7 Å². The van der Waals surface area contributed by atoms with Gasteiger partial charge in [0.15, 0.2) is 0 Å². The van der Waals surface area contributed by atoms with Crippen molar-refractivity contribution in [3.8, 4) is 0 Å². The van der Waals surface area contributed by atoms with E-state index >= 15 is 0 Å². The Kier molecular flexibility index (Phi) is 4.88. The van der Waals surface area contributed by atoms with E-state index in [1.165, 1.54) is 24.3 Å². The van der Waals surface area contributed by atoms with E-state index < -0.39 is 30.0 Å². The fourth-order valence-electron chi connectivity index (χ4n) is 1.46. The number of hydrogen-bond acceptors (Lipinski definition) is 3. The molecule has 0 fully saturated rings. The molecule has 116 valence electrons. The van der Waals surface area contributed by atoms with Gasteiger partial charge >= 0.3 is 18.0 Å². The standard InChI is InChI=1S/C14H17F2NO4/c1-13(2,3)21-12(20)17-10-6-4-9(5-7-10)8-14(15,16)11(18)19/h4-7H,8H2,1-3H3,(H,17,20)(H,18,19). The maximum atomic E-state index is 13.0. The van der Waals surface area contributed by atoms with Gasteiger partial charge in [0.2, 0.25) is 0 Å². The average Bonchev–Trinajstić information content (AvgIpc) is 2.28. The summed E-state index contributed by atoms with van der Waals surface area (Å²) in [6.07, 6.45) is -1.57. The number of ether oxygens (including phenoxy) is 1. The number of benzene rings is 1. The van der Waals surface area contributed by atoms with Crippen LogP contribution in [0, 0.1) is 0 Å². The van der Waals surface area contributed by atoms with Gasteiger partial charge in [-0.2, -0.15) is 8.78 Å². The molecule has 0 aliphatic rings. The number of carboxylic acid groups (broad SMARTS) is 1.